The summed E-state index contributed by atoms with van der Waals surface area (Å²) in [7, 11) is 0. The van der Waals surface area contributed by atoms with Crippen LogP contribution in [-0.2, 0) is 4.79 Å². The Morgan fingerprint density at radius 1 is 1.08 bits per heavy atom. The Morgan fingerprint density at radius 3 is 1.85 bits per heavy atom. The Labute approximate surface area is 73.4 Å². The van der Waals surface area contributed by atoms with Crippen LogP contribution in [0.1, 0.15) is 0 Å². The second-order valence-electron chi connectivity index (χ2n) is 2.36. The van der Waals surface area contributed by atoms with E-state index in [-0.39, 0.29) is 11.0 Å². The number of halogens is 1. The van der Waals surface area contributed by atoms with E-state index >= 15 is 0 Å². The fraction of sp³-hybridized carbons (Fsp3) is 0.833. The van der Waals surface area contributed by atoms with Crippen molar-refractivity contribution in [3.8, 4) is 0 Å². The lowest BCUT2D eigenvalue weighted by molar-refractivity contribution is -0.136. The highest BCUT2D eigenvalue weighted by Crippen LogP contribution is 2.02. The summed E-state index contributed by atoms with van der Waals surface area (Å²) in [6.45, 7) is -0.760. The normalized spacial score (nSPS) is 19.5. The number of hydrogen-bond acceptors (Lipinski definition) is 6. The molecule has 0 radical (unpaired) electrons. The molecule has 0 fully saturated rings. The molecule has 0 aromatic heterocycles. The first-order valence-corrected chi connectivity index (χ1v) is 3.33. The van der Waals surface area contributed by atoms with E-state index in [0.29, 0.717) is 0 Å². The smallest absolute Gasteiger partial charge is 0.151 e. The largest absolute Gasteiger partial charge is 0.394 e. The molecule has 0 bridgehead atoms. The van der Waals surface area contributed by atoms with Gasteiger partial charge in [-0.3, -0.25) is 4.70 Å². The Kier molecular flexibility index (Phi) is 7.87. The predicted octanol–water partition coefficient (Wildman–Crippen LogP) is -3.23. The van der Waals surface area contributed by atoms with Crippen LogP contribution in [0, 0.1) is 0 Å². The lowest BCUT2D eigenvalue weighted by Crippen LogP contribution is -2.46. The molecule has 0 aromatic carbocycles. The first-order valence-electron chi connectivity index (χ1n) is 3.33. The Bertz CT molecular complexity index is 143. The molecule has 0 aromatic rings. The summed E-state index contributed by atoms with van der Waals surface area (Å²) in [6.07, 6.45) is -6.84. The number of rotatable bonds is 5. The van der Waals surface area contributed by atoms with Gasteiger partial charge in [0.1, 0.15) is 24.4 Å². The van der Waals surface area contributed by atoms with Gasteiger partial charge in [-0.1, -0.05) is 0 Å². The van der Waals surface area contributed by atoms with Crippen molar-refractivity contribution in [2.24, 2.45) is 0 Å². The first-order chi connectivity index (χ1) is 5.54. The maximum Gasteiger partial charge on any atom is 0.151 e. The van der Waals surface area contributed by atoms with E-state index < -0.39 is 31.0 Å². The Hall–Kier alpha value is -0.600. The van der Waals surface area contributed by atoms with Crippen LogP contribution in [0.4, 0.5) is 4.70 Å². The van der Waals surface area contributed by atoms with E-state index in [2.05, 4.69) is 0 Å². The van der Waals surface area contributed by atoms with Gasteiger partial charge in [0.25, 0.3) is 0 Å². The maximum atomic E-state index is 9.90. The average Bonchev–Trinajstić information content (AvgIpc) is 2.12. The molecule has 0 heterocycles. The van der Waals surface area contributed by atoms with Gasteiger partial charge in [-0.2, -0.15) is 0 Å². The summed E-state index contributed by atoms with van der Waals surface area (Å²) < 4.78 is 0. The molecular formula is C6H13FO6. The predicted molar refractivity (Wildman–Crippen MR) is 39.7 cm³/mol. The van der Waals surface area contributed by atoms with Crippen molar-refractivity contribution in [1.29, 1.82) is 0 Å². The molecule has 4 unspecified atom stereocenters. The molecular weight excluding hydrogens is 187 g/mol. The van der Waals surface area contributed by atoms with Crippen molar-refractivity contribution in [2.45, 2.75) is 24.4 Å². The third-order valence-corrected chi connectivity index (χ3v) is 1.42. The lowest BCUT2D eigenvalue weighted by atomic mass is 10.0. The number of hydrogen-bond donors (Lipinski definition) is 5. The van der Waals surface area contributed by atoms with Crippen LogP contribution in [0.2, 0.25) is 0 Å². The minimum absolute atomic E-state index is 0. The van der Waals surface area contributed by atoms with E-state index in [1.165, 1.54) is 0 Å². The molecule has 0 rings (SSSR count). The van der Waals surface area contributed by atoms with E-state index in [1.54, 1.807) is 0 Å². The number of carbonyl (C=O) groups is 1. The van der Waals surface area contributed by atoms with Gasteiger partial charge in [0.15, 0.2) is 6.29 Å². The van der Waals surface area contributed by atoms with Gasteiger partial charge in [0, 0.05) is 0 Å². The standard InChI is InChI=1S/C6H12O6.FH/c7-1-3(9)5(11)6(12)4(10)2-8;/h1,3-6,8-12H,2H2;1H. The topological polar surface area (TPSA) is 118 Å². The number of aliphatic hydroxyl groups is 5. The molecule has 6 nitrogen and oxygen atoms in total. The molecule has 0 saturated heterocycles. The van der Waals surface area contributed by atoms with Crippen LogP contribution in [0.25, 0.3) is 0 Å². The summed E-state index contributed by atoms with van der Waals surface area (Å²) in [4.78, 5) is 9.90. The molecule has 0 spiro atoms. The Balaban J connectivity index is 0. The third kappa shape index (κ3) is 4.25. The number of carbonyl (C=O) groups excluding carboxylic acids is 1. The van der Waals surface area contributed by atoms with Crippen LogP contribution >= 0.6 is 0 Å². The van der Waals surface area contributed by atoms with Crippen LogP contribution in [0.5, 0.6) is 0 Å². The molecule has 0 aliphatic heterocycles. The van der Waals surface area contributed by atoms with Gasteiger partial charge in [-0.25, -0.2) is 0 Å². The van der Waals surface area contributed by atoms with Crippen molar-refractivity contribution in [3.05, 3.63) is 0 Å². The zero-order valence-electron chi connectivity index (χ0n) is 6.65. The second kappa shape index (κ2) is 6.87. The van der Waals surface area contributed by atoms with Gasteiger partial charge in [0.2, 0.25) is 0 Å². The number of aliphatic hydroxyl groups excluding tert-OH is 5. The maximum absolute atomic E-state index is 9.90. The van der Waals surface area contributed by atoms with Crippen molar-refractivity contribution in [3.63, 3.8) is 0 Å². The van der Waals surface area contributed by atoms with Crippen molar-refractivity contribution in [1.82, 2.24) is 0 Å². The van der Waals surface area contributed by atoms with Crippen LogP contribution in [0.15, 0.2) is 0 Å². The minimum Gasteiger partial charge on any atom is -0.394 e. The quantitative estimate of drug-likeness (QED) is 0.298. The fourth-order valence-corrected chi connectivity index (χ4v) is 0.618. The highest BCUT2D eigenvalue weighted by atomic mass is 19.0. The minimum atomic E-state index is -1.79. The molecule has 4 atom stereocenters. The summed E-state index contributed by atoms with van der Waals surface area (Å²) in [5.41, 5.74) is 0. The van der Waals surface area contributed by atoms with Crippen molar-refractivity contribution < 1.29 is 35.0 Å². The van der Waals surface area contributed by atoms with Gasteiger partial charge in [0.05, 0.1) is 6.61 Å². The van der Waals surface area contributed by atoms with E-state index in [0.717, 1.165) is 0 Å². The average molecular weight is 200 g/mol. The van der Waals surface area contributed by atoms with Gasteiger partial charge in [-0.05, 0) is 0 Å². The molecule has 0 amide bonds. The van der Waals surface area contributed by atoms with Gasteiger partial charge in [-0.15, -0.1) is 0 Å². The first kappa shape index (κ1) is 14.9. The lowest BCUT2D eigenvalue weighted by Gasteiger charge is -2.22. The highest BCUT2D eigenvalue weighted by Gasteiger charge is 2.29. The van der Waals surface area contributed by atoms with Crippen LogP contribution < -0.4 is 0 Å². The Morgan fingerprint density at radius 2 is 1.54 bits per heavy atom. The molecule has 5 N–H and O–H groups in total. The summed E-state index contributed by atoms with van der Waals surface area (Å²) in [6, 6.07) is 0. The molecule has 0 saturated carbocycles. The molecule has 0 aliphatic carbocycles. The van der Waals surface area contributed by atoms with Crippen LogP contribution in [-0.4, -0.2) is 62.8 Å². The third-order valence-electron chi connectivity index (χ3n) is 1.42. The molecule has 13 heavy (non-hydrogen) atoms. The monoisotopic (exact) mass is 200 g/mol. The molecule has 80 valence electrons. The molecule has 7 heteroatoms. The second-order valence-corrected chi connectivity index (χ2v) is 2.36. The summed E-state index contributed by atoms with van der Waals surface area (Å²) in [5.74, 6) is 0. The summed E-state index contributed by atoms with van der Waals surface area (Å²) >= 11 is 0. The van der Waals surface area contributed by atoms with Crippen molar-refractivity contribution >= 4 is 6.29 Å². The van der Waals surface area contributed by atoms with Gasteiger partial charge < -0.3 is 30.3 Å². The van der Waals surface area contributed by atoms with E-state index in [4.69, 9.17) is 25.5 Å². The summed E-state index contributed by atoms with van der Waals surface area (Å²) in [5, 5.41) is 43.5. The highest BCUT2D eigenvalue weighted by molar-refractivity contribution is 5.56. The van der Waals surface area contributed by atoms with E-state index in [1.807, 2.05) is 0 Å². The number of aldehydes is 1. The van der Waals surface area contributed by atoms with E-state index in [9.17, 15) is 4.79 Å². The SMILES string of the molecule is F.O=CC(O)C(O)C(O)C(O)CO. The fourth-order valence-electron chi connectivity index (χ4n) is 0.618. The van der Waals surface area contributed by atoms with Crippen LogP contribution in [0.3, 0.4) is 0 Å². The van der Waals surface area contributed by atoms with Gasteiger partial charge >= 0.3 is 0 Å². The molecule has 0 aliphatic rings. The zero-order chi connectivity index (χ0) is 9.72. The van der Waals surface area contributed by atoms with Crippen molar-refractivity contribution in [2.75, 3.05) is 6.61 Å². The zero-order valence-corrected chi connectivity index (χ0v) is 6.65.